The maximum atomic E-state index is 12.3. The van der Waals surface area contributed by atoms with Crippen LogP contribution in [0.1, 0.15) is 67.6 Å². The van der Waals surface area contributed by atoms with Crippen molar-refractivity contribution in [3.63, 3.8) is 0 Å². The zero-order valence-electron chi connectivity index (χ0n) is 22.2. The van der Waals surface area contributed by atoms with Crippen LogP contribution in [0.4, 0.5) is 5.69 Å². The molecule has 2 aromatic rings. The van der Waals surface area contributed by atoms with Gasteiger partial charge in [0, 0.05) is 50.1 Å². The van der Waals surface area contributed by atoms with Gasteiger partial charge in [0.05, 0.1) is 32.0 Å². The second kappa shape index (κ2) is 15.1. The van der Waals surface area contributed by atoms with Crippen molar-refractivity contribution in [1.29, 1.82) is 0 Å². The van der Waals surface area contributed by atoms with Gasteiger partial charge in [0.15, 0.2) is 6.29 Å². The average molecular weight is 542 g/mol. The summed E-state index contributed by atoms with van der Waals surface area (Å²) in [5, 5.41) is 20.8. The van der Waals surface area contributed by atoms with E-state index < -0.39 is 12.2 Å². The number of rotatable bonds is 12. The number of aliphatic hydroxyl groups excluding tert-OH is 1. The Balaban J connectivity index is 1.35. The van der Waals surface area contributed by atoms with Gasteiger partial charge in [0.1, 0.15) is 0 Å². The van der Waals surface area contributed by atoms with Crippen LogP contribution in [0.2, 0.25) is 0 Å². The number of unbranched alkanes of at least 4 members (excludes halogenated alkanes) is 2. The first kappa shape index (κ1) is 29.1. The lowest BCUT2D eigenvalue weighted by atomic mass is 9.99. The number of hydroxylamine groups is 1. The third kappa shape index (κ3) is 9.10. The second-order valence-electron chi connectivity index (χ2n) is 10.0. The number of nitrogens with one attached hydrogen (secondary N) is 2. The van der Waals surface area contributed by atoms with Crippen LogP contribution >= 0.6 is 0 Å². The number of benzene rings is 2. The molecule has 4 rings (SSSR count). The van der Waals surface area contributed by atoms with E-state index in [2.05, 4.69) is 10.2 Å². The quantitative estimate of drug-likeness (QED) is 0.183. The number of nitrogens with zero attached hydrogens (tertiary/aromatic N) is 1. The second-order valence-corrected chi connectivity index (χ2v) is 10.0. The van der Waals surface area contributed by atoms with Gasteiger partial charge in [0.2, 0.25) is 11.8 Å². The predicted octanol–water partition coefficient (Wildman–Crippen LogP) is 3.45. The summed E-state index contributed by atoms with van der Waals surface area (Å²) in [4.78, 5) is 25.7. The molecule has 0 saturated carbocycles. The number of ether oxygens (including phenoxy) is 3. The highest BCUT2D eigenvalue weighted by atomic mass is 16.7. The Morgan fingerprint density at radius 3 is 2.21 bits per heavy atom. The number of amides is 2. The number of morpholine rings is 1. The molecule has 0 radical (unpaired) electrons. The number of hydrogen-bond acceptors (Lipinski definition) is 8. The lowest BCUT2D eigenvalue weighted by molar-refractivity contribution is -0.253. The SMILES string of the molecule is O=C(CCCCCC(=O)Nc1ccc(C2OC(CN3CCOCC3)CC(c3ccc(CO)cc3)O2)cc1)NO. The van der Waals surface area contributed by atoms with E-state index in [1.165, 1.54) is 0 Å². The molecule has 4 N–H and O–H groups in total. The lowest BCUT2D eigenvalue weighted by Gasteiger charge is -2.39. The van der Waals surface area contributed by atoms with Gasteiger partial charge in [-0.15, -0.1) is 0 Å². The predicted molar refractivity (Wildman–Crippen MR) is 144 cm³/mol. The smallest absolute Gasteiger partial charge is 0.243 e. The van der Waals surface area contributed by atoms with Gasteiger partial charge in [0.25, 0.3) is 0 Å². The zero-order chi connectivity index (χ0) is 27.5. The Labute approximate surface area is 229 Å². The van der Waals surface area contributed by atoms with Crippen molar-refractivity contribution in [3.05, 3.63) is 65.2 Å². The van der Waals surface area contributed by atoms with Crippen LogP contribution in [0.3, 0.4) is 0 Å². The Morgan fingerprint density at radius 2 is 1.54 bits per heavy atom. The van der Waals surface area contributed by atoms with Crippen LogP contribution in [0.25, 0.3) is 0 Å². The summed E-state index contributed by atoms with van der Waals surface area (Å²) in [6, 6.07) is 15.4. The van der Waals surface area contributed by atoms with Crippen molar-refractivity contribution < 1.29 is 34.1 Å². The van der Waals surface area contributed by atoms with Crippen LogP contribution in [0.5, 0.6) is 0 Å². The van der Waals surface area contributed by atoms with Gasteiger partial charge >= 0.3 is 0 Å². The van der Waals surface area contributed by atoms with E-state index in [9.17, 15) is 14.7 Å². The van der Waals surface area contributed by atoms with Gasteiger partial charge in [-0.2, -0.15) is 0 Å². The number of anilines is 1. The standard InChI is InChI=1S/C29H39N3O7/c33-20-21-6-8-22(9-7-21)26-18-25(19-32-14-16-37-17-15-32)38-29(39-26)23-10-12-24(13-11-23)30-27(34)4-2-1-3-5-28(35)31-36/h6-13,25-26,29,33,36H,1-5,14-20H2,(H,30,34)(H,31,35). The zero-order valence-corrected chi connectivity index (χ0v) is 22.2. The monoisotopic (exact) mass is 541 g/mol. The summed E-state index contributed by atoms with van der Waals surface area (Å²) in [6.07, 6.45) is 2.62. The topological polar surface area (TPSA) is 130 Å². The molecule has 3 unspecified atom stereocenters. The average Bonchev–Trinajstić information content (AvgIpc) is 2.97. The molecule has 10 heteroatoms. The maximum absolute atomic E-state index is 12.3. The summed E-state index contributed by atoms with van der Waals surface area (Å²) in [6.45, 7) is 4.03. The first-order chi connectivity index (χ1) is 19.0. The van der Waals surface area contributed by atoms with Crippen molar-refractivity contribution in [1.82, 2.24) is 10.4 Å². The number of carbonyl (C=O) groups excluding carboxylic acids is 2. The highest BCUT2D eigenvalue weighted by Crippen LogP contribution is 2.38. The molecule has 2 fully saturated rings. The van der Waals surface area contributed by atoms with Gasteiger partial charge in [-0.05, 0) is 36.1 Å². The Kier molecular flexibility index (Phi) is 11.3. The highest BCUT2D eigenvalue weighted by molar-refractivity contribution is 5.90. The van der Waals surface area contributed by atoms with E-state index in [1.54, 1.807) is 5.48 Å². The fourth-order valence-electron chi connectivity index (χ4n) is 4.86. The Hall–Kier alpha value is -2.86. The molecule has 0 bridgehead atoms. The molecule has 3 atom stereocenters. The van der Waals surface area contributed by atoms with Crippen molar-refractivity contribution in [2.24, 2.45) is 0 Å². The molecule has 39 heavy (non-hydrogen) atoms. The molecule has 2 amide bonds. The summed E-state index contributed by atoms with van der Waals surface area (Å²) in [5.41, 5.74) is 5.09. The van der Waals surface area contributed by atoms with Gasteiger partial charge < -0.3 is 24.6 Å². The Morgan fingerprint density at radius 1 is 0.872 bits per heavy atom. The van der Waals surface area contributed by atoms with Crippen molar-refractivity contribution in [3.8, 4) is 0 Å². The van der Waals surface area contributed by atoms with E-state index in [1.807, 2.05) is 48.5 Å². The first-order valence-corrected chi connectivity index (χ1v) is 13.7. The molecule has 2 aliphatic rings. The third-order valence-corrected chi connectivity index (χ3v) is 7.08. The fraction of sp³-hybridized carbons (Fsp3) is 0.517. The molecule has 10 nitrogen and oxygen atoms in total. The largest absolute Gasteiger partial charge is 0.392 e. The molecule has 0 spiro atoms. The number of aliphatic hydroxyl groups is 1. The maximum Gasteiger partial charge on any atom is 0.243 e. The number of carbonyl (C=O) groups is 2. The van der Waals surface area contributed by atoms with Crippen LogP contribution in [-0.4, -0.2) is 66.0 Å². The third-order valence-electron chi connectivity index (χ3n) is 7.08. The summed E-state index contributed by atoms with van der Waals surface area (Å²) >= 11 is 0. The van der Waals surface area contributed by atoms with Crippen molar-refractivity contribution in [2.75, 3.05) is 38.2 Å². The Bertz CT molecular complexity index is 1040. The number of hydrogen-bond donors (Lipinski definition) is 4. The van der Waals surface area contributed by atoms with E-state index >= 15 is 0 Å². The molecule has 212 valence electrons. The van der Waals surface area contributed by atoms with Gasteiger partial charge in [-0.25, -0.2) is 5.48 Å². The van der Waals surface area contributed by atoms with Crippen molar-refractivity contribution in [2.45, 2.75) is 63.6 Å². The van der Waals surface area contributed by atoms with E-state index in [-0.39, 0.29) is 31.1 Å². The summed E-state index contributed by atoms with van der Waals surface area (Å²) < 4.78 is 18.3. The lowest BCUT2D eigenvalue weighted by Crippen LogP contribution is -2.44. The molecular weight excluding hydrogens is 502 g/mol. The molecule has 2 aromatic carbocycles. The van der Waals surface area contributed by atoms with E-state index in [4.69, 9.17) is 19.4 Å². The van der Waals surface area contributed by atoms with Crippen LogP contribution in [0, 0.1) is 0 Å². The van der Waals surface area contributed by atoms with E-state index in [0.717, 1.165) is 62.4 Å². The minimum Gasteiger partial charge on any atom is -0.392 e. The molecule has 2 aliphatic heterocycles. The fourth-order valence-corrected chi connectivity index (χ4v) is 4.86. The molecule has 2 heterocycles. The van der Waals surface area contributed by atoms with Crippen LogP contribution in [-0.2, 0) is 30.4 Å². The van der Waals surface area contributed by atoms with Gasteiger partial charge in [-0.3, -0.25) is 19.7 Å². The van der Waals surface area contributed by atoms with Crippen molar-refractivity contribution >= 4 is 17.5 Å². The van der Waals surface area contributed by atoms with Crippen LogP contribution in [0.15, 0.2) is 48.5 Å². The molecular formula is C29H39N3O7. The van der Waals surface area contributed by atoms with Gasteiger partial charge in [-0.1, -0.05) is 42.8 Å². The molecule has 0 aromatic heterocycles. The van der Waals surface area contributed by atoms with Crippen LogP contribution < -0.4 is 10.8 Å². The highest BCUT2D eigenvalue weighted by Gasteiger charge is 2.33. The molecule has 2 saturated heterocycles. The normalized spacial score (nSPS) is 21.8. The summed E-state index contributed by atoms with van der Waals surface area (Å²) in [7, 11) is 0. The molecule has 0 aliphatic carbocycles. The minimum absolute atomic E-state index is 0.00341. The summed E-state index contributed by atoms with van der Waals surface area (Å²) in [5.74, 6) is -0.500. The van der Waals surface area contributed by atoms with E-state index in [0.29, 0.717) is 24.9 Å². The minimum atomic E-state index is -0.548. The first-order valence-electron chi connectivity index (χ1n) is 13.7.